The number of nitrogens with one attached hydrogen (secondary N) is 2. The molecule has 1 aliphatic carbocycles. The Labute approximate surface area is 160 Å². The maximum Gasteiger partial charge on any atom is 0.160 e. The molecule has 0 amide bonds. The van der Waals surface area contributed by atoms with Crippen LogP contribution in [0.5, 0.6) is 11.5 Å². The molecular weight excluding hydrogens is 342 g/mol. The van der Waals surface area contributed by atoms with Gasteiger partial charge in [0.15, 0.2) is 23.1 Å². The van der Waals surface area contributed by atoms with Crippen molar-refractivity contribution in [2.45, 2.75) is 44.6 Å². The second-order valence-electron chi connectivity index (χ2n) is 6.83. The molecule has 3 rings (SSSR count). The summed E-state index contributed by atoms with van der Waals surface area (Å²) < 4.78 is 10.6. The third kappa shape index (κ3) is 4.93. The van der Waals surface area contributed by atoms with Crippen molar-refractivity contribution in [2.24, 2.45) is 0 Å². The lowest BCUT2D eigenvalue weighted by atomic mass is 9.95. The molecule has 0 bridgehead atoms. The second-order valence-corrected chi connectivity index (χ2v) is 6.83. The van der Waals surface area contributed by atoms with Gasteiger partial charge in [-0.25, -0.2) is 9.97 Å². The molecule has 1 heterocycles. The summed E-state index contributed by atoms with van der Waals surface area (Å²) in [5.74, 6) is 2.86. The van der Waals surface area contributed by atoms with Gasteiger partial charge < -0.3 is 25.8 Å². The molecule has 0 unspecified atom stereocenters. The molecule has 146 valence electrons. The van der Waals surface area contributed by atoms with E-state index in [0.29, 0.717) is 24.1 Å². The van der Waals surface area contributed by atoms with Gasteiger partial charge in [0.25, 0.3) is 0 Å². The highest BCUT2D eigenvalue weighted by Gasteiger charge is 2.16. The lowest BCUT2D eigenvalue weighted by molar-refractivity contribution is 0.354. The van der Waals surface area contributed by atoms with Crippen molar-refractivity contribution in [3.63, 3.8) is 0 Å². The first-order chi connectivity index (χ1) is 13.2. The standard InChI is InChI=1S/C20H29N5O2/c1-26-16-9-8-14(12-17(16)27-2)10-11-22-19-18(21)20(24-13-23-19)25-15-6-4-3-5-7-15/h8-9,12-13,15H,3-7,10-11,21H2,1-2H3,(H2,22,23,24,25). The Morgan fingerprint density at radius 1 is 1.04 bits per heavy atom. The Hall–Kier alpha value is -2.70. The van der Waals surface area contributed by atoms with Crippen LogP contribution in [0, 0.1) is 0 Å². The van der Waals surface area contributed by atoms with Gasteiger partial charge >= 0.3 is 0 Å². The molecule has 2 aromatic rings. The topological polar surface area (TPSA) is 94.3 Å². The Morgan fingerprint density at radius 2 is 1.78 bits per heavy atom. The molecule has 1 aromatic heterocycles. The SMILES string of the molecule is COc1ccc(CCNc2ncnc(NC3CCCCC3)c2N)cc1OC. The van der Waals surface area contributed by atoms with E-state index >= 15 is 0 Å². The van der Waals surface area contributed by atoms with Gasteiger partial charge in [-0.15, -0.1) is 0 Å². The average Bonchev–Trinajstić information content (AvgIpc) is 2.71. The Bertz CT molecular complexity index is 747. The fourth-order valence-corrected chi connectivity index (χ4v) is 3.45. The highest BCUT2D eigenvalue weighted by molar-refractivity contribution is 5.74. The van der Waals surface area contributed by atoms with Crippen molar-refractivity contribution in [3.05, 3.63) is 30.1 Å². The normalized spacial score (nSPS) is 14.6. The number of nitrogens with zero attached hydrogens (tertiary/aromatic N) is 2. The molecule has 7 heteroatoms. The van der Waals surface area contributed by atoms with E-state index < -0.39 is 0 Å². The molecule has 27 heavy (non-hydrogen) atoms. The van der Waals surface area contributed by atoms with Gasteiger partial charge in [0.2, 0.25) is 0 Å². The van der Waals surface area contributed by atoms with E-state index in [4.69, 9.17) is 15.2 Å². The molecule has 0 radical (unpaired) electrons. The molecule has 4 N–H and O–H groups in total. The summed E-state index contributed by atoms with van der Waals surface area (Å²) in [7, 11) is 3.28. The number of hydrogen-bond acceptors (Lipinski definition) is 7. The maximum atomic E-state index is 6.28. The van der Waals surface area contributed by atoms with E-state index in [1.54, 1.807) is 20.5 Å². The third-order valence-corrected chi connectivity index (χ3v) is 4.98. The van der Waals surface area contributed by atoms with Gasteiger partial charge in [0.1, 0.15) is 12.0 Å². The molecule has 1 fully saturated rings. The predicted molar refractivity (Wildman–Crippen MR) is 109 cm³/mol. The largest absolute Gasteiger partial charge is 0.493 e. The van der Waals surface area contributed by atoms with Crippen LogP contribution in [0.25, 0.3) is 0 Å². The van der Waals surface area contributed by atoms with Gasteiger partial charge in [0.05, 0.1) is 14.2 Å². The number of nitrogen functional groups attached to an aromatic ring is 1. The van der Waals surface area contributed by atoms with Gasteiger partial charge in [-0.2, -0.15) is 0 Å². The summed E-state index contributed by atoms with van der Waals surface area (Å²) >= 11 is 0. The van der Waals surface area contributed by atoms with Crippen LogP contribution in [0.2, 0.25) is 0 Å². The summed E-state index contributed by atoms with van der Waals surface area (Å²) in [4.78, 5) is 8.62. The molecule has 0 atom stereocenters. The van der Waals surface area contributed by atoms with Crippen molar-refractivity contribution in [1.82, 2.24) is 9.97 Å². The molecular formula is C20H29N5O2. The number of ether oxygens (including phenoxy) is 2. The zero-order valence-electron chi connectivity index (χ0n) is 16.1. The number of methoxy groups -OCH3 is 2. The number of rotatable bonds is 8. The highest BCUT2D eigenvalue weighted by atomic mass is 16.5. The summed E-state index contributed by atoms with van der Waals surface area (Å²) in [6.07, 6.45) is 8.56. The van der Waals surface area contributed by atoms with Crippen LogP contribution in [0.1, 0.15) is 37.7 Å². The molecule has 1 saturated carbocycles. The number of hydrogen-bond donors (Lipinski definition) is 3. The van der Waals surface area contributed by atoms with Crippen LogP contribution < -0.4 is 25.8 Å². The minimum absolute atomic E-state index is 0.454. The fourth-order valence-electron chi connectivity index (χ4n) is 3.45. The first-order valence-electron chi connectivity index (χ1n) is 9.53. The third-order valence-electron chi connectivity index (χ3n) is 4.98. The van der Waals surface area contributed by atoms with Gasteiger partial charge in [0, 0.05) is 12.6 Å². The number of nitrogens with two attached hydrogens (primary N) is 1. The lowest BCUT2D eigenvalue weighted by Gasteiger charge is -2.24. The zero-order chi connectivity index (χ0) is 19.1. The summed E-state index contributed by atoms with van der Waals surface area (Å²) in [6.45, 7) is 0.708. The van der Waals surface area contributed by atoms with E-state index in [9.17, 15) is 0 Å². The first kappa shape index (κ1) is 19.1. The number of benzene rings is 1. The van der Waals surface area contributed by atoms with Crippen LogP contribution in [0.3, 0.4) is 0 Å². The van der Waals surface area contributed by atoms with Crippen molar-refractivity contribution >= 4 is 17.3 Å². The molecule has 0 aliphatic heterocycles. The Kier molecular flexibility index (Phi) is 6.57. The molecule has 1 aliphatic rings. The molecule has 7 nitrogen and oxygen atoms in total. The van der Waals surface area contributed by atoms with Crippen molar-refractivity contribution in [1.29, 1.82) is 0 Å². The average molecular weight is 371 g/mol. The summed E-state index contributed by atoms with van der Waals surface area (Å²) in [5.41, 5.74) is 8.00. The minimum atomic E-state index is 0.454. The van der Waals surface area contributed by atoms with E-state index in [1.165, 1.54) is 32.1 Å². The Balaban J connectivity index is 1.58. The summed E-state index contributed by atoms with van der Waals surface area (Å²) in [5, 5.41) is 6.80. The Morgan fingerprint density at radius 3 is 2.52 bits per heavy atom. The van der Waals surface area contributed by atoms with Gasteiger partial charge in [-0.3, -0.25) is 0 Å². The van der Waals surface area contributed by atoms with E-state index in [-0.39, 0.29) is 0 Å². The zero-order valence-corrected chi connectivity index (χ0v) is 16.1. The van der Waals surface area contributed by atoms with E-state index in [1.807, 2.05) is 18.2 Å². The fraction of sp³-hybridized carbons (Fsp3) is 0.500. The highest BCUT2D eigenvalue weighted by Crippen LogP contribution is 2.29. The maximum absolute atomic E-state index is 6.28. The molecule has 0 saturated heterocycles. The smallest absolute Gasteiger partial charge is 0.160 e. The van der Waals surface area contributed by atoms with Crippen LogP contribution in [-0.2, 0) is 6.42 Å². The lowest BCUT2D eigenvalue weighted by Crippen LogP contribution is -2.24. The van der Waals surface area contributed by atoms with Crippen LogP contribution in [0.4, 0.5) is 17.3 Å². The monoisotopic (exact) mass is 371 g/mol. The quantitative estimate of drug-likeness (QED) is 0.654. The van der Waals surface area contributed by atoms with Gasteiger partial charge in [-0.05, 0) is 37.0 Å². The predicted octanol–water partition coefficient (Wildman–Crippen LogP) is 3.48. The van der Waals surface area contributed by atoms with Crippen molar-refractivity contribution in [2.75, 3.05) is 37.1 Å². The second kappa shape index (κ2) is 9.30. The summed E-state index contributed by atoms with van der Waals surface area (Å²) in [6, 6.07) is 6.39. The first-order valence-corrected chi connectivity index (χ1v) is 9.53. The van der Waals surface area contributed by atoms with Gasteiger partial charge in [-0.1, -0.05) is 25.3 Å². The van der Waals surface area contributed by atoms with Crippen molar-refractivity contribution < 1.29 is 9.47 Å². The molecule has 0 spiro atoms. The number of anilines is 3. The van der Waals surface area contributed by atoms with Crippen molar-refractivity contribution in [3.8, 4) is 11.5 Å². The van der Waals surface area contributed by atoms with E-state index in [0.717, 1.165) is 29.3 Å². The van der Waals surface area contributed by atoms with Crippen LogP contribution >= 0.6 is 0 Å². The van der Waals surface area contributed by atoms with E-state index in [2.05, 4.69) is 20.6 Å². The van der Waals surface area contributed by atoms with Crippen LogP contribution in [0.15, 0.2) is 24.5 Å². The molecule has 1 aromatic carbocycles. The number of aromatic nitrogens is 2. The minimum Gasteiger partial charge on any atom is -0.493 e. The van der Waals surface area contributed by atoms with Crippen LogP contribution in [-0.4, -0.2) is 36.8 Å².